The maximum Gasteiger partial charge on any atom is 0.306 e. The molecular weight excluding hydrogens is 442 g/mol. The summed E-state index contributed by atoms with van der Waals surface area (Å²) in [7, 11) is 0. The molecule has 0 aromatic heterocycles. The van der Waals surface area contributed by atoms with Gasteiger partial charge in [-0.3, -0.25) is 9.69 Å². The van der Waals surface area contributed by atoms with Crippen LogP contribution in [0.4, 0.5) is 0 Å². The van der Waals surface area contributed by atoms with Crippen molar-refractivity contribution in [2.45, 2.75) is 94.4 Å². The molecule has 34 heavy (non-hydrogen) atoms. The van der Waals surface area contributed by atoms with Crippen molar-refractivity contribution < 1.29 is 39.8 Å². The van der Waals surface area contributed by atoms with Crippen molar-refractivity contribution in [1.82, 2.24) is 4.90 Å². The fraction of sp³-hybridized carbons (Fsp3) is 0.720. The van der Waals surface area contributed by atoms with Crippen LogP contribution in [0.25, 0.3) is 0 Å². The first-order valence-electron chi connectivity index (χ1n) is 12.3. The Labute approximate surface area is 199 Å². The van der Waals surface area contributed by atoms with Gasteiger partial charge in [0.25, 0.3) is 0 Å². The number of hydrogen-bond donors (Lipinski definition) is 5. The van der Waals surface area contributed by atoms with E-state index < -0.39 is 48.4 Å². The van der Waals surface area contributed by atoms with Crippen molar-refractivity contribution in [1.29, 1.82) is 0 Å². The van der Waals surface area contributed by atoms with Gasteiger partial charge in [0.2, 0.25) is 0 Å². The van der Waals surface area contributed by atoms with E-state index in [1.165, 1.54) is 0 Å². The smallest absolute Gasteiger partial charge is 0.306 e. The molecule has 0 amide bonds. The maximum absolute atomic E-state index is 11.8. The summed E-state index contributed by atoms with van der Waals surface area (Å²) in [6.07, 6.45) is -2.50. The van der Waals surface area contributed by atoms with Gasteiger partial charge in [0.05, 0.1) is 18.1 Å². The molecule has 2 saturated heterocycles. The fourth-order valence-corrected chi connectivity index (χ4v) is 5.46. The van der Waals surface area contributed by atoms with Crippen molar-refractivity contribution in [3.8, 4) is 0 Å². The predicted molar refractivity (Wildman–Crippen MR) is 122 cm³/mol. The number of aliphatic carboxylic acids is 1. The largest absolute Gasteiger partial charge is 0.481 e. The van der Waals surface area contributed by atoms with Gasteiger partial charge in [0.15, 0.2) is 6.29 Å². The van der Waals surface area contributed by atoms with Crippen molar-refractivity contribution >= 4 is 5.97 Å². The lowest BCUT2D eigenvalue weighted by molar-refractivity contribution is -0.321. The average Bonchev–Trinajstić information content (AvgIpc) is 2.83. The Morgan fingerprint density at radius 3 is 2.56 bits per heavy atom. The molecule has 7 atom stereocenters. The number of nitrogens with zero attached hydrogens (tertiary/aromatic N) is 1. The van der Waals surface area contributed by atoms with E-state index in [9.17, 15) is 30.3 Å². The number of benzene rings is 1. The molecule has 0 unspecified atom stereocenters. The monoisotopic (exact) mass is 479 g/mol. The van der Waals surface area contributed by atoms with Gasteiger partial charge in [-0.05, 0) is 56.8 Å². The standard InChI is InChI=1S/C25H37NO8/c1-15-20(27)21(28)22(29)24(33-15)34-19-7-2-3-10-25(19,32)18-6-4-5-16(13-18)14-26-11-8-17(9-12-26)23(30)31/h4-6,13,15,17,19-22,24,27-29,32H,2-3,7-12,14H2,1H3,(H,30,31)/t15-,19+,20+,21+,22-,24-,25+/m0/s1. The highest BCUT2D eigenvalue weighted by atomic mass is 16.7. The molecule has 1 aromatic rings. The van der Waals surface area contributed by atoms with Crippen LogP contribution < -0.4 is 0 Å². The SMILES string of the molecule is C[C@@H]1O[C@@H](O[C@@H]2CCCC[C@@]2(O)c2cccc(CN3CCC(C(=O)O)CC3)c2)[C@@H](O)[C@H](O)[C@@H]1O. The number of carboxylic acid groups (broad SMARTS) is 1. The minimum Gasteiger partial charge on any atom is -0.481 e. The lowest BCUT2D eigenvalue weighted by Gasteiger charge is -2.45. The quantitative estimate of drug-likeness (QED) is 0.403. The van der Waals surface area contributed by atoms with E-state index >= 15 is 0 Å². The zero-order chi connectivity index (χ0) is 24.5. The third kappa shape index (κ3) is 5.31. The second kappa shape index (κ2) is 10.6. The summed E-state index contributed by atoms with van der Waals surface area (Å²) < 4.78 is 11.7. The zero-order valence-electron chi connectivity index (χ0n) is 19.6. The molecule has 0 bridgehead atoms. The predicted octanol–water partition coefficient (Wildman–Crippen LogP) is 0.957. The summed E-state index contributed by atoms with van der Waals surface area (Å²) in [5.74, 6) is -1.00. The van der Waals surface area contributed by atoms with Crippen LogP contribution in [0.5, 0.6) is 0 Å². The second-order valence-corrected chi connectivity index (χ2v) is 10.1. The van der Waals surface area contributed by atoms with Crippen molar-refractivity contribution in [2.75, 3.05) is 13.1 Å². The van der Waals surface area contributed by atoms with Crippen molar-refractivity contribution in [3.05, 3.63) is 35.4 Å². The first-order valence-corrected chi connectivity index (χ1v) is 12.3. The van der Waals surface area contributed by atoms with Crippen LogP contribution in [0, 0.1) is 5.92 Å². The number of carboxylic acids is 1. The van der Waals surface area contributed by atoms with E-state index in [1.807, 2.05) is 24.3 Å². The summed E-state index contributed by atoms with van der Waals surface area (Å²) in [6, 6.07) is 7.76. The summed E-state index contributed by atoms with van der Waals surface area (Å²) in [5, 5.41) is 51.5. The fourth-order valence-electron chi connectivity index (χ4n) is 5.46. The molecular formula is C25H37NO8. The van der Waals surface area contributed by atoms with Crippen LogP contribution >= 0.6 is 0 Å². The maximum atomic E-state index is 11.8. The number of piperidine rings is 1. The Bertz CT molecular complexity index is 844. The Kier molecular flexibility index (Phi) is 7.93. The van der Waals surface area contributed by atoms with Gasteiger partial charge in [0, 0.05) is 6.54 Å². The molecule has 0 spiro atoms. The third-order valence-electron chi connectivity index (χ3n) is 7.68. The lowest BCUT2D eigenvalue weighted by atomic mass is 9.76. The zero-order valence-corrected chi connectivity index (χ0v) is 19.6. The molecule has 4 rings (SSSR count). The number of hydrogen-bond acceptors (Lipinski definition) is 8. The highest BCUT2D eigenvalue weighted by Crippen LogP contribution is 2.41. The molecule has 1 aromatic carbocycles. The number of rotatable bonds is 6. The van der Waals surface area contributed by atoms with Gasteiger partial charge in [0.1, 0.15) is 23.9 Å². The Morgan fingerprint density at radius 2 is 1.85 bits per heavy atom. The van der Waals surface area contributed by atoms with E-state index in [-0.39, 0.29) is 5.92 Å². The highest BCUT2D eigenvalue weighted by Gasteiger charge is 2.48. The summed E-state index contributed by atoms with van der Waals surface area (Å²) in [4.78, 5) is 13.4. The first-order chi connectivity index (χ1) is 16.2. The van der Waals surface area contributed by atoms with Gasteiger partial charge < -0.3 is 35.0 Å². The molecule has 190 valence electrons. The molecule has 5 N–H and O–H groups in total. The van der Waals surface area contributed by atoms with Crippen LogP contribution in [0.2, 0.25) is 0 Å². The minimum atomic E-state index is -1.42. The third-order valence-corrected chi connectivity index (χ3v) is 7.68. The average molecular weight is 480 g/mol. The lowest BCUT2D eigenvalue weighted by Crippen LogP contribution is -2.59. The first kappa shape index (κ1) is 25.5. The molecule has 2 heterocycles. The van der Waals surface area contributed by atoms with Crippen LogP contribution in [0.1, 0.15) is 56.6 Å². The minimum absolute atomic E-state index is 0.275. The van der Waals surface area contributed by atoms with E-state index in [2.05, 4.69) is 4.90 Å². The van der Waals surface area contributed by atoms with Crippen molar-refractivity contribution in [2.24, 2.45) is 5.92 Å². The van der Waals surface area contributed by atoms with Crippen molar-refractivity contribution in [3.63, 3.8) is 0 Å². The Balaban J connectivity index is 1.46. The van der Waals surface area contributed by atoms with Gasteiger partial charge in [-0.15, -0.1) is 0 Å². The topological polar surface area (TPSA) is 140 Å². The Hall–Kier alpha value is -1.59. The van der Waals surface area contributed by atoms with Crippen LogP contribution in [-0.4, -0.2) is 86.3 Å². The molecule has 2 aliphatic heterocycles. The van der Waals surface area contributed by atoms with Gasteiger partial charge >= 0.3 is 5.97 Å². The molecule has 1 saturated carbocycles. The normalized spacial score (nSPS) is 38.0. The number of likely N-dealkylation sites (tertiary alicyclic amines) is 1. The second-order valence-electron chi connectivity index (χ2n) is 10.1. The Morgan fingerprint density at radius 1 is 1.12 bits per heavy atom. The number of carbonyl (C=O) groups is 1. The summed E-state index contributed by atoms with van der Waals surface area (Å²) in [5.41, 5.74) is 0.483. The van der Waals surface area contributed by atoms with E-state index in [4.69, 9.17) is 9.47 Å². The molecule has 3 aliphatic rings. The molecule has 3 fully saturated rings. The van der Waals surface area contributed by atoms with E-state index in [1.54, 1.807) is 6.92 Å². The van der Waals surface area contributed by atoms with Gasteiger partial charge in [-0.25, -0.2) is 0 Å². The molecule has 0 radical (unpaired) electrons. The highest BCUT2D eigenvalue weighted by molar-refractivity contribution is 5.70. The van der Waals surface area contributed by atoms with Crippen LogP contribution in [0.15, 0.2) is 24.3 Å². The van der Waals surface area contributed by atoms with Crippen LogP contribution in [-0.2, 0) is 26.4 Å². The summed E-state index contributed by atoms with van der Waals surface area (Å²) >= 11 is 0. The van der Waals surface area contributed by atoms with E-state index in [0.29, 0.717) is 32.2 Å². The van der Waals surface area contributed by atoms with Gasteiger partial charge in [-0.2, -0.15) is 0 Å². The number of aliphatic hydroxyl groups is 4. The molecule has 1 aliphatic carbocycles. The van der Waals surface area contributed by atoms with E-state index in [0.717, 1.165) is 37.1 Å². The number of aliphatic hydroxyl groups excluding tert-OH is 3. The summed E-state index contributed by atoms with van der Waals surface area (Å²) in [6.45, 7) is 3.72. The number of ether oxygens (including phenoxy) is 2. The van der Waals surface area contributed by atoms with Gasteiger partial charge in [-0.1, -0.05) is 37.1 Å². The molecule has 9 nitrogen and oxygen atoms in total. The molecule has 9 heteroatoms. The van der Waals surface area contributed by atoms with Crippen LogP contribution in [0.3, 0.4) is 0 Å².